The van der Waals surface area contributed by atoms with Gasteiger partial charge in [0.1, 0.15) is 0 Å². The molecule has 1 unspecified atom stereocenters. The second-order valence-corrected chi connectivity index (χ2v) is 4.97. The summed E-state index contributed by atoms with van der Waals surface area (Å²) in [6, 6.07) is 8.34. The number of hydrogen-bond donors (Lipinski definition) is 1. The third-order valence-electron chi connectivity index (χ3n) is 3.13. The molecule has 3 heteroatoms. The number of nitrogens with two attached hydrogens (primary N) is 1. The van der Waals surface area contributed by atoms with E-state index >= 15 is 0 Å². The highest BCUT2D eigenvalue weighted by Crippen LogP contribution is 2.28. The van der Waals surface area contributed by atoms with Gasteiger partial charge in [0.05, 0.1) is 6.04 Å². The number of benzene rings is 1. The van der Waals surface area contributed by atoms with E-state index in [2.05, 4.69) is 31.2 Å². The minimum absolute atomic E-state index is 0.0630. The van der Waals surface area contributed by atoms with Crippen LogP contribution in [0.5, 0.6) is 0 Å². The Labute approximate surface area is 103 Å². The largest absolute Gasteiger partial charge is 0.334 e. The van der Waals surface area contributed by atoms with E-state index < -0.39 is 6.04 Å². The fourth-order valence-corrected chi connectivity index (χ4v) is 1.92. The lowest BCUT2D eigenvalue weighted by Crippen LogP contribution is -2.42. The molecule has 0 aliphatic heterocycles. The Morgan fingerprint density at radius 1 is 1.41 bits per heavy atom. The van der Waals surface area contributed by atoms with Gasteiger partial charge in [0.15, 0.2) is 0 Å². The molecule has 0 bridgehead atoms. The van der Waals surface area contributed by atoms with Crippen molar-refractivity contribution in [1.82, 2.24) is 4.90 Å². The van der Waals surface area contributed by atoms with Crippen LogP contribution >= 0.6 is 0 Å². The van der Waals surface area contributed by atoms with Crippen LogP contribution in [0.15, 0.2) is 24.3 Å². The molecule has 0 aromatic heterocycles. The van der Waals surface area contributed by atoms with Gasteiger partial charge in [0.2, 0.25) is 5.91 Å². The SMILES string of the molecule is Cc1ccc(CN(C(=O)C(C)N)C2CC2)cc1. The quantitative estimate of drug-likeness (QED) is 0.861. The maximum atomic E-state index is 12.0. The maximum Gasteiger partial charge on any atom is 0.239 e. The molecule has 1 aliphatic rings. The average molecular weight is 232 g/mol. The minimum atomic E-state index is -0.402. The van der Waals surface area contributed by atoms with Crippen LogP contribution in [0.1, 0.15) is 30.9 Å². The van der Waals surface area contributed by atoms with E-state index in [4.69, 9.17) is 5.73 Å². The van der Waals surface area contributed by atoms with Crippen molar-refractivity contribution in [1.29, 1.82) is 0 Å². The number of carbonyl (C=O) groups is 1. The zero-order valence-corrected chi connectivity index (χ0v) is 10.5. The topological polar surface area (TPSA) is 46.3 Å². The first-order valence-electron chi connectivity index (χ1n) is 6.19. The van der Waals surface area contributed by atoms with Crippen molar-refractivity contribution < 1.29 is 4.79 Å². The van der Waals surface area contributed by atoms with Crippen molar-refractivity contribution in [2.24, 2.45) is 5.73 Å². The third-order valence-corrected chi connectivity index (χ3v) is 3.13. The first-order valence-corrected chi connectivity index (χ1v) is 6.19. The molecule has 1 amide bonds. The van der Waals surface area contributed by atoms with E-state index in [-0.39, 0.29) is 5.91 Å². The molecule has 2 N–H and O–H groups in total. The van der Waals surface area contributed by atoms with Crippen molar-refractivity contribution in [3.8, 4) is 0 Å². The summed E-state index contributed by atoms with van der Waals surface area (Å²) in [5, 5.41) is 0. The molecule has 0 heterocycles. The number of nitrogens with zero attached hydrogens (tertiary/aromatic N) is 1. The molecular weight excluding hydrogens is 212 g/mol. The Hall–Kier alpha value is -1.35. The average Bonchev–Trinajstić information content (AvgIpc) is 3.11. The number of rotatable bonds is 4. The predicted octanol–water partition coefficient (Wildman–Crippen LogP) is 1.83. The second-order valence-electron chi connectivity index (χ2n) is 4.97. The summed E-state index contributed by atoms with van der Waals surface area (Å²) < 4.78 is 0. The van der Waals surface area contributed by atoms with Crippen molar-refractivity contribution in [2.45, 2.75) is 45.3 Å². The molecule has 0 spiro atoms. The number of hydrogen-bond acceptors (Lipinski definition) is 2. The Balaban J connectivity index is 2.07. The smallest absolute Gasteiger partial charge is 0.239 e. The van der Waals surface area contributed by atoms with Gasteiger partial charge in [-0.2, -0.15) is 0 Å². The highest BCUT2D eigenvalue weighted by atomic mass is 16.2. The summed E-state index contributed by atoms with van der Waals surface area (Å²) in [7, 11) is 0. The molecule has 92 valence electrons. The molecule has 1 aliphatic carbocycles. The Kier molecular flexibility index (Phi) is 3.48. The molecule has 1 fully saturated rings. The van der Waals surface area contributed by atoms with Gasteiger partial charge in [-0.25, -0.2) is 0 Å². The Morgan fingerprint density at radius 3 is 2.47 bits per heavy atom. The van der Waals surface area contributed by atoms with Gasteiger partial charge >= 0.3 is 0 Å². The van der Waals surface area contributed by atoms with Gasteiger partial charge in [-0.05, 0) is 32.3 Å². The molecule has 0 saturated heterocycles. The molecule has 2 rings (SSSR count). The summed E-state index contributed by atoms with van der Waals surface area (Å²) in [4.78, 5) is 13.9. The van der Waals surface area contributed by atoms with Crippen LogP contribution in [0.3, 0.4) is 0 Å². The molecule has 17 heavy (non-hydrogen) atoms. The fourth-order valence-electron chi connectivity index (χ4n) is 1.92. The lowest BCUT2D eigenvalue weighted by atomic mass is 10.1. The van der Waals surface area contributed by atoms with Crippen molar-refractivity contribution in [3.63, 3.8) is 0 Å². The van der Waals surface area contributed by atoms with E-state index in [9.17, 15) is 4.79 Å². The summed E-state index contributed by atoms with van der Waals surface area (Å²) in [6.45, 7) is 4.51. The standard InChI is InChI=1S/C14H20N2O/c1-10-3-5-12(6-4-10)9-16(13-7-8-13)14(17)11(2)15/h3-6,11,13H,7-9,15H2,1-2H3. The number of carbonyl (C=O) groups excluding carboxylic acids is 1. The molecule has 1 aromatic rings. The van der Waals surface area contributed by atoms with Gasteiger partial charge in [-0.15, -0.1) is 0 Å². The van der Waals surface area contributed by atoms with E-state index in [0.717, 1.165) is 12.8 Å². The van der Waals surface area contributed by atoms with Crippen LogP contribution < -0.4 is 5.73 Å². The number of aryl methyl sites for hydroxylation is 1. The van der Waals surface area contributed by atoms with Gasteiger partial charge in [0.25, 0.3) is 0 Å². The maximum absolute atomic E-state index is 12.0. The van der Waals surface area contributed by atoms with Crippen molar-refractivity contribution in [3.05, 3.63) is 35.4 Å². The Morgan fingerprint density at radius 2 is 2.00 bits per heavy atom. The van der Waals surface area contributed by atoms with Gasteiger partial charge < -0.3 is 10.6 Å². The van der Waals surface area contributed by atoms with Crippen LogP contribution in [-0.4, -0.2) is 22.9 Å². The molecule has 0 radical (unpaired) electrons. The van der Waals surface area contributed by atoms with E-state index in [0.29, 0.717) is 12.6 Å². The molecular formula is C14H20N2O. The van der Waals surface area contributed by atoms with Crippen molar-refractivity contribution >= 4 is 5.91 Å². The zero-order valence-electron chi connectivity index (χ0n) is 10.5. The van der Waals surface area contributed by atoms with E-state index in [1.807, 2.05) is 4.90 Å². The molecule has 3 nitrogen and oxygen atoms in total. The first-order chi connectivity index (χ1) is 8.08. The monoisotopic (exact) mass is 232 g/mol. The predicted molar refractivity (Wildman–Crippen MR) is 68.4 cm³/mol. The molecule has 1 saturated carbocycles. The minimum Gasteiger partial charge on any atom is -0.334 e. The zero-order chi connectivity index (χ0) is 12.4. The van der Waals surface area contributed by atoms with E-state index in [1.54, 1.807) is 6.92 Å². The summed E-state index contributed by atoms with van der Waals surface area (Å²) >= 11 is 0. The van der Waals surface area contributed by atoms with E-state index in [1.165, 1.54) is 11.1 Å². The molecule has 1 atom stereocenters. The van der Waals surface area contributed by atoms with Gasteiger partial charge in [0, 0.05) is 12.6 Å². The van der Waals surface area contributed by atoms with Crippen LogP contribution in [0.4, 0.5) is 0 Å². The normalized spacial score (nSPS) is 16.6. The third kappa shape index (κ3) is 3.07. The Bertz CT molecular complexity index is 393. The summed E-state index contributed by atoms with van der Waals surface area (Å²) in [5.41, 5.74) is 8.11. The second kappa shape index (κ2) is 4.88. The summed E-state index contributed by atoms with van der Waals surface area (Å²) in [6.07, 6.45) is 2.23. The van der Waals surface area contributed by atoms with Crippen LogP contribution in [0.25, 0.3) is 0 Å². The van der Waals surface area contributed by atoms with Crippen LogP contribution in [-0.2, 0) is 11.3 Å². The highest BCUT2D eigenvalue weighted by Gasteiger charge is 2.33. The molecule has 1 aromatic carbocycles. The van der Waals surface area contributed by atoms with Gasteiger partial charge in [-0.3, -0.25) is 4.79 Å². The summed E-state index contributed by atoms with van der Waals surface area (Å²) in [5.74, 6) is 0.0630. The van der Waals surface area contributed by atoms with Crippen LogP contribution in [0.2, 0.25) is 0 Å². The first kappa shape index (κ1) is 12.1. The highest BCUT2D eigenvalue weighted by molar-refractivity contribution is 5.81. The number of amides is 1. The van der Waals surface area contributed by atoms with Crippen LogP contribution in [0, 0.1) is 6.92 Å². The van der Waals surface area contributed by atoms with Gasteiger partial charge in [-0.1, -0.05) is 29.8 Å². The lowest BCUT2D eigenvalue weighted by Gasteiger charge is -2.24. The fraction of sp³-hybridized carbons (Fsp3) is 0.500. The lowest BCUT2D eigenvalue weighted by molar-refractivity contribution is -0.133. The van der Waals surface area contributed by atoms with Crippen molar-refractivity contribution in [2.75, 3.05) is 0 Å².